The zero-order chi connectivity index (χ0) is 28.2. The zero-order valence-electron chi connectivity index (χ0n) is 25.8. The largest absolute Gasteiger partial charge is 0.487 e. The van der Waals surface area contributed by atoms with Gasteiger partial charge in [-0.25, -0.2) is 0 Å². The minimum atomic E-state index is -0.0743. The van der Waals surface area contributed by atoms with Gasteiger partial charge >= 0.3 is 0 Å². The van der Waals surface area contributed by atoms with Crippen LogP contribution in [0.5, 0.6) is 5.75 Å². The van der Waals surface area contributed by atoms with Crippen LogP contribution in [0.25, 0.3) is 0 Å². The molecule has 0 aromatic heterocycles. The molecule has 3 fully saturated rings. The van der Waals surface area contributed by atoms with Crippen molar-refractivity contribution in [3.8, 4) is 5.75 Å². The first-order valence-electron chi connectivity index (χ1n) is 16.1. The normalized spacial score (nSPS) is 37.8. The second-order valence-corrected chi connectivity index (χ2v) is 15.2. The molecule has 3 heteroatoms. The Kier molecular flexibility index (Phi) is 7.70. The van der Waals surface area contributed by atoms with Gasteiger partial charge in [0.05, 0.1) is 5.69 Å². The van der Waals surface area contributed by atoms with Crippen molar-refractivity contribution in [3.63, 3.8) is 0 Å². The van der Waals surface area contributed by atoms with Gasteiger partial charge in [0.2, 0.25) is 0 Å². The van der Waals surface area contributed by atoms with Crippen molar-refractivity contribution in [2.24, 2.45) is 51.8 Å². The van der Waals surface area contributed by atoms with Crippen molar-refractivity contribution >= 4 is 11.4 Å². The molecule has 1 aromatic rings. The molecular formula is C36H56N2O. The maximum absolute atomic E-state index is 6.65. The van der Waals surface area contributed by atoms with Crippen LogP contribution >= 0.6 is 0 Å². The summed E-state index contributed by atoms with van der Waals surface area (Å²) in [5.74, 6) is 5.69. The summed E-state index contributed by atoms with van der Waals surface area (Å²) in [6.07, 6.45) is 18.3. The molecule has 0 aliphatic heterocycles. The minimum Gasteiger partial charge on any atom is -0.487 e. The summed E-state index contributed by atoms with van der Waals surface area (Å²) in [6.45, 7) is 19.3. The number of hydrogen-bond donors (Lipinski definition) is 2. The van der Waals surface area contributed by atoms with Gasteiger partial charge in [0.15, 0.2) is 0 Å². The summed E-state index contributed by atoms with van der Waals surface area (Å²) in [5.41, 5.74) is 15.7. The second-order valence-electron chi connectivity index (χ2n) is 15.2. The van der Waals surface area contributed by atoms with E-state index in [1.807, 2.05) is 18.2 Å². The minimum absolute atomic E-state index is 0.0743. The molecule has 0 amide bonds. The number of rotatable bonds is 8. The Morgan fingerprint density at radius 3 is 2.46 bits per heavy atom. The lowest BCUT2D eigenvalue weighted by molar-refractivity contribution is -0.0640. The lowest BCUT2D eigenvalue weighted by Gasteiger charge is -2.61. The van der Waals surface area contributed by atoms with Crippen molar-refractivity contribution in [2.45, 2.75) is 112 Å². The Hall–Kier alpha value is -1.90. The Bertz CT molecular complexity index is 1090. The van der Waals surface area contributed by atoms with Crippen molar-refractivity contribution < 1.29 is 4.74 Å². The van der Waals surface area contributed by atoms with Crippen LogP contribution in [0.1, 0.15) is 106 Å². The number of allylic oxidation sites excluding steroid dienone is 2. The van der Waals surface area contributed by atoms with Gasteiger partial charge in [-0.2, -0.15) is 0 Å². The van der Waals surface area contributed by atoms with E-state index < -0.39 is 0 Å². The highest BCUT2D eigenvalue weighted by Crippen LogP contribution is 2.69. The number of nitrogens with two attached hydrogens (primary N) is 2. The molecule has 216 valence electrons. The number of anilines is 2. The van der Waals surface area contributed by atoms with Gasteiger partial charge in [0, 0.05) is 16.5 Å². The molecule has 0 spiro atoms. The highest BCUT2D eigenvalue weighted by atomic mass is 16.5. The molecular weight excluding hydrogens is 476 g/mol. The average Bonchev–Trinajstić information content (AvgIpc) is 3.24. The quantitative estimate of drug-likeness (QED) is 0.259. The summed E-state index contributed by atoms with van der Waals surface area (Å²) < 4.78 is 6.65. The topological polar surface area (TPSA) is 61.3 Å². The van der Waals surface area contributed by atoms with Gasteiger partial charge in [-0.1, -0.05) is 78.5 Å². The van der Waals surface area contributed by atoms with Crippen molar-refractivity contribution in [1.82, 2.24) is 0 Å². The van der Waals surface area contributed by atoms with Crippen LogP contribution in [-0.2, 0) is 0 Å². The molecule has 0 saturated heterocycles. The standard InChI is InChI=1S/C36H56N2O/c1-8-36-21-19-33(39-31-16-12-25(37)22-30(31)38)34(5,6)32(36)17-13-26-28-15-14-27(24(4)11-9-10-23(2)3)35(28,7)20-18-29(26)36/h8,12,16-17,22-24,26-29,33H,1,9-11,13-15,18-21,37-38H2,2-7H3. The average molecular weight is 533 g/mol. The van der Waals surface area contributed by atoms with Crippen LogP contribution in [-0.4, -0.2) is 6.10 Å². The third kappa shape index (κ3) is 4.74. The zero-order valence-corrected chi connectivity index (χ0v) is 25.8. The highest BCUT2D eigenvalue weighted by molar-refractivity contribution is 5.60. The molecule has 3 nitrogen and oxygen atoms in total. The molecule has 0 bridgehead atoms. The van der Waals surface area contributed by atoms with Crippen molar-refractivity contribution in [2.75, 3.05) is 11.5 Å². The Balaban J connectivity index is 1.37. The van der Waals surface area contributed by atoms with Crippen molar-refractivity contribution in [1.29, 1.82) is 0 Å². The maximum Gasteiger partial charge on any atom is 0.142 e. The van der Waals surface area contributed by atoms with Crippen LogP contribution in [0, 0.1) is 51.8 Å². The van der Waals surface area contributed by atoms with Gasteiger partial charge < -0.3 is 16.2 Å². The molecule has 5 rings (SSSR count). The predicted molar refractivity (Wildman–Crippen MR) is 166 cm³/mol. The fraction of sp³-hybridized carbons (Fsp3) is 0.722. The molecule has 8 atom stereocenters. The monoisotopic (exact) mass is 532 g/mol. The number of benzene rings is 1. The lowest BCUT2D eigenvalue weighted by Crippen LogP contribution is -2.55. The van der Waals surface area contributed by atoms with Gasteiger partial charge in [0.25, 0.3) is 0 Å². The van der Waals surface area contributed by atoms with Gasteiger partial charge in [-0.3, -0.25) is 0 Å². The van der Waals surface area contributed by atoms with E-state index in [4.69, 9.17) is 16.2 Å². The SMILES string of the molecule is C=CC12CCC(Oc3ccc(N)cc3N)C(C)(C)C1=CCC1C2CCC2(C)C(C(C)CCCC(C)C)CCC12. The summed E-state index contributed by atoms with van der Waals surface area (Å²) in [6, 6.07) is 5.63. The Morgan fingerprint density at radius 2 is 1.77 bits per heavy atom. The summed E-state index contributed by atoms with van der Waals surface area (Å²) >= 11 is 0. The van der Waals surface area contributed by atoms with Gasteiger partial charge in [-0.05, 0) is 104 Å². The number of fused-ring (bicyclic) bond motifs is 5. The van der Waals surface area contributed by atoms with E-state index >= 15 is 0 Å². The molecule has 1 aromatic carbocycles. The van der Waals surface area contributed by atoms with E-state index in [2.05, 4.69) is 60.3 Å². The Labute approximate surface area is 239 Å². The number of ether oxygens (including phenoxy) is 1. The van der Waals surface area contributed by atoms with E-state index in [0.717, 1.165) is 48.2 Å². The lowest BCUT2D eigenvalue weighted by atomic mass is 9.43. The third-order valence-corrected chi connectivity index (χ3v) is 12.4. The van der Waals surface area contributed by atoms with Crippen molar-refractivity contribution in [3.05, 3.63) is 42.5 Å². The summed E-state index contributed by atoms with van der Waals surface area (Å²) in [7, 11) is 0. The fourth-order valence-corrected chi connectivity index (χ4v) is 10.4. The van der Waals surface area contributed by atoms with E-state index in [0.29, 0.717) is 22.7 Å². The summed E-state index contributed by atoms with van der Waals surface area (Å²) in [5, 5.41) is 0. The molecule has 4 aliphatic rings. The third-order valence-electron chi connectivity index (χ3n) is 12.4. The Morgan fingerprint density at radius 1 is 1.00 bits per heavy atom. The van der Waals surface area contributed by atoms with Crippen LogP contribution in [0.3, 0.4) is 0 Å². The van der Waals surface area contributed by atoms with E-state index in [1.54, 1.807) is 5.57 Å². The van der Waals surface area contributed by atoms with E-state index in [9.17, 15) is 0 Å². The van der Waals surface area contributed by atoms with Crippen LogP contribution < -0.4 is 16.2 Å². The first-order valence-corrected chi connectivity index (χ1v) is 16.1. The van der Waals surface area contributed by atoms with E-state index in [-0.39, 0.29) is 16.9 Å². The smallest absolute Gasteiger partial charge is 0.142 e. The maximum atomic E-state index is 6.65. The van der Waals surface area contributed by atoms with Gasteiger partial charge in [0.1, 0.15) is 11.9 Å². The highest BCUT2D eigenvalue weighted by Gasteiger charge is 2.62. The number of nitrogen functional groups attached to an aromatic ring is 2. The first-order chi connectivity index (χ1) is 18.4. The molecule has 0 radical (unpaired) electrons. The van der Waals surface area contributed by atoms with Crippen LogP contribution in [0.4, 0.5) is 11.4 Å². The molecule has 4 N–H and O–H groups in total. The molecule has 4 aliphatic carbocycles. The second kappa shape index (κ2) is 10.5. The number of hydrogen-bond acceptors (Lipinski definition) is 3. The molecule has 3 saturated carbocycles. The molecule has 39 heavy (non-hydrogen) atoms. The summed E-state index contributed by atoms with van der Waals surface area (Å²) in [4.78, 5) is 0. The molecule has 8 unspecified atom stereocenters. The van der Waals surface area contributed by atoms with Crippen LogP contribution in [0.2, 0.25) is 0 Å². The van der Waals surface area contributed by atoms with E-state index in [1.165, 1.54) is 51.4 Å². The van der Waals surface area contributed by atoms with Crippen LogP contribution in [0.15, 0.2) is 42.5 Å². The molecule has 0 heterocycles. The predicted octanol–water partition coefficient (Wildman–Crippen LogP) is 9.44. The fourth-order valence-electron chi connectivity index (χ4n) is 10.4. The first kappa shape index (κ1) is 28.6. The van der Waals surface area contributed by atoms with Gasteiger partial charge in [-0.15, -0.1) is 6.58 Å².